The van der Waals surface area contributed by atoms with Gasteiger partial charge in [-0.05, 0) is 63.9 Å². The molecule has 0 aliphatic heterocycles. The van der Waals surface area contributed by atoms with E-state index < -0.39 is 0 Å². The fourth-order valence-electron chi connectivity index (χ4n) is 4.79. The summed E-state index contributed by atoms with van der Waals surface area (Å²) in [6.45, 7) is 14.4. The second-order valence-corrected chi connectivity index (χ2v) is 9.32. The third-order valence-corrected chi connectivity index (χ3v) is 6.75. The van der Waals surface area contributed by atoms with Crippen LogP contribution in [0.2, 0.25) is 0 Å². The lowest BCUT2D eigenvalue weighted by molar-refractivity contribution is 0.668. The minimum Gasteiger partial charge on any atom is -0.106 e. The quantitative estimate of drug-likeness (QED) is 0.148. The lowest BCUT2D eigenvalue weighted by atomic mass is 9.96. The van der Waals surface area contributed by atoms with Gasteiger partial charge in [-0.25, -0.2) is 0 Å². The number of unbranched alkanes of at least 4 members (excludes halogenated alkanes) is 6. The molecule has 0 atom stereocenters. The van der Waals surface area contributed by atoms with Gasteiger partial charge in [0.2, 0.25) is 0 Å². The van der Waals surface area contributed by atoms with E-state index in [1.165, 1.54) is 102 Å². The molecule has 0 fully saturated rings. The number of rotatable bonds is 11. The maximum atomic E-state index is 3.90. The van der Waals surface area contributed by atoms with Crippen molar-refractivity contribution in [2.45, 2.75) is 78.1 Å². The minimum atomic E-state index is 1.19. The van der Waals surface area contributed by atoms with Gasteiger partial charge in [0.05, 0.1) is 0 Å². The molecule has 0 aliphatic carbocycles. The summed E-state index contributed by atoms with van der Waals surface area (Å²) in [6, 6.07) is 28.5. The summed E-state index contributed by atoms with van der Waals surface area (Å²) < 4.78 is 0. The lowest BCUT2D eigenvalue weighted by Crippen LogP contribution is -1.89. The first-order valence-corrected chi connectivity index (χ1v) is 13.9. The normalized spacial score (nSPS) is 10.3. The molecule has 190 valence electrons. The Balaban J connectivity index is 0.000000239. The van der Waals surface area contributed by atoms with Gasteiger partial charge in [0.15, 0.2) is 0 Å². The molecule has 0 aliphatic rings. The fraction of sp³-hybridized carbons (Fsp3) is 0.333. The first-order valence-electron chi connectivity index (χ1n) is 13.9. The molecule has 0 radical (unpaired) electrons. The molecule has 0 bridgehead atoms. The highest BCUT2D eigenvalue weighted by Crippen LogP contribution is 2.25. The Hall–Kier alpha value is -3.12. The standard InChI is InChI=1S/C18H22.C16H20.C2H4/c1-3-5-6-7-10-16-12-9-13-17-15(4-2)11-8-14-18(16)17;1-2-3-4-5-9-14-11-8-12-15-10-6-7-13-16(14)15;1-2/h4,8-9,11-14H,2-3,5-7,10H2,1H3;6-8,10-13H,2-5,9H2,1H3;1-2H2. The van der Waals surface area contributed by atoms with Crippen molar-refractivity contribution in [1.82, 2.24) is 0 Å². The smallest absolute Gasteiger partial charge is 0.0109 e. The van der Waals surface area contributed by atoms with Crippen LogP contribution in [0, 0.1) is 0 Å². The zero-order valence-corrected chi connectivity index (χ0v) is 22.8. The van der Waals surface area contributed by atoms with Gasteiger partial charge in [0.1, 0.15) is 0 Å². The highest BCUT2D eigenvalue weighted by atomic mass is 14.1. The molecule has 0 spiro atoms. The third-order valence-electron chi connectivity index (χ3n) is 6.75. The van der Waals surface area contributed by atoms with E-state index in [2.05, 4.69) is 112 Å². The number of hydrogen-bond acceptors (Lipinski definition) is 0. The molecule has 0 saturated heterocycles. The molecule has 0 N–H and O–H groups in total. The van der Waals surface area contributed by atoms with Crippen LogP contribution in [-0.2, 0) is 12.8 Å². The molecular formula is C36H46. The van der Waals surface area contributed by atoms with E-state index >= 15 is 0 Å². The summed E-state index contributed by atoms with van der Waals surface area (Å²) in [5.74, 6) is 0. The lowest BCUT2D eigenvalue weighted by Gasteiger charge is -2.08. The number of fused-ring (bicyclic) bond motifs is 2. The number of hydrogen-bond donors (Lipinski definition) is 0. The predicted molar refractivity (Wildman–Crippen MR) is 165 cm³/mol. The van der Waals surface area contributed by atoms with Gasteiger partial charge in [0, 0.05) is 0 Å². The molecule has 0 nitrogen and oxygen atoms in total. The van der Waals surface area contributed by atoms with E-state index in [1.54, 1.807) is 0 Å². The van der Waals surface area contributed by atoms with Crippen molar-refractivity contribution in [3.63, 3.8) is 0 Å². The molecule has 4 aromatic carbocycles. The van der Waals surface area contributed by atoms with Gasteiger partial charge in [-0.2, -0.15) is 0 Å². The Bertz CT molecular complexity index is 1160. The molecule has 0 unspecified atom stereocenters. The fourth-order valence-corrected chi connectivity index (χ4v) is 4.79. The van der Waals surface area contributed by atoms with E-state index in [1.807, 2.05) is 6.08 Å². The van der Waals surface area contributed by atoms with Crippen LogP contribution in [0.25, 0.3) is 27.6 Å². The van der Waals surface area contributed by atoms with E-state index in [9.17, 15) is 0 Å². The van der Waals surface area contributed by atoms with Crippen molar-refractivity contribution in [1.29, 1.82) is 0 Å². The maximum Gasteiger partial charge on any atom is -0.0109 e. The van der Waals surface area contributed by atoms with Crippen LogP contribution in [-0.4, -0.2) is 0 Å². The van der Waals surface area contributed by atoms with Crippen molar-refractivity contribution in [3.05, 3.63) is 115 Å². The van der Waals surface area contributed by atoms with Crippen LogP contribution in [0.5, 0.6) is 0 Å². The highest BCUT2D eigenvalue weighted by Gasteiger charge is 2.03. The summed E-state index contributed by atoms with van der Waals surface area (Å²) >= 11 is 0. The SMILES string of the molecule is C=C.C=Cc1cccc2c(CCCCCC)cccc12.CCCCCCc1cccc2ccccc12. The summed E-state index contributed by atoms with van der Waals surface area (Å²) in [4.78, 5) is 0. The summed E-state index contributed by atoms with van der Waals surface area (Å²) in [5, 5.41) is 5.53. The molecular weight excluding hydrogens is 432 g/mol. The van der Waals surface area contributed by atoms with Crippen LogP contribution in [0.15, 0.2) is 98.6 Å². The minimum absolute atomic E-state index is 1.19. The average molecular weight is 479 g/mol. The monoisotopic (exact) mass is 478 g/mol. The van der Waals surface area contributed by atoms with Crippen molar-refractivity contribution in [3.8, 4) is 0 Å². The van der Waals surface area contributed by atoms with Crippen LogP contribution in [0.1, 0.15) is 81.9 Å². The van der Waals surface area contributed by atoms with Crippen LogP contribution >= 0.6 is 0 Å². The highest BCUT2D eigenvalue weighted by molar-refractivity contribution is 5.92. The number of aryl methyl sites for hydroxylation is 2. The van der Waals surface area contributed by atoms with E-state index in [0.717, 1.165) is 0 Å². The third kappa shape index (κ3) is 8.83. The second kappa shape index (κ2) is 17.3. The van der Waals surface area contributed by atoms with E-state index in [-0.39, 0.29) is 0 Å². The first-order chi connectivity index (χ1) is 17.8. The van der Waals surface area contributed by atoms with Gasteiger partial charge >= 0.3 is 0 Å². The van der Waals surface area contributed by atoms with Gasteiger partial charge in [-0.3, -0.25) is 0 Å². The van der Waals surface area contributed by atoms with Gasteiger partial charge in [-0.1, -0.05) is 144 Å². The molecule has 0 heterocycles. The van der Waals surface area contributed by atoms with Crippen molar-refractivity contribution in [2.75, 3.05) is 0 Å². The van der Waals surface area contributed by atoms with Crippen molar-refractivity contribution < 1.29 is 0 Å². The van der Waals surface area contributed by atoms with Gasteiger partial charge in [-0.15, -0.1) is 13.2 Å². The van der Waals surface area contributed by atoms with E-state index in [4.69, 9.17) is 0 Å². The molecule has 0 amide bonds. The topological polar surface area (TPSA) is 0 Å². The Morgan fingerprint density at radius 3 is 1.67 bits per heavy atom. The van der Waals surface area contributed by atoms with Crippen LogP contribution < -0.4 is 0 Å². The summed E-state index contributed by atoms with van der Waals surface area (Å²) in [5.41, 5.74) is 4.23. The Morgan fingerprint density at radius 2 is 1.03 bits per heavy atom. The Kier molecular flexibility index (Phi) is 14.0. The zero-order chi connectivity index (χ0) is 26.0. The summed E-state index contributed by atoms with van der Waals surface area (Å²) in [7, 11) is 0. The van der Waals surface area contributed by atoms with Crippen LogP contribution in [0.3, 0.4) is 0 Å². The molecule has 4 rings (SSSR count). The predicted octanol–water partition coefficient (Wildman–Crippen LogP) is 11.4. The first kappa shape index (κ1) is 29.1. The van der Waals surface area contributed by atoms with Gasteiger partial charge in [0.25, 0.3) is 0 Å². The van der Waals surface area contributed by atoms with Crippen molar-refractivity contribution in [2.24, 2.45) is 0 Å². The number of benzene rings is 4. The molecule has 0 aromatic heterocycles. The van der Waals surface area contributed by atoms with Gasteiger partial charge < -0.3 is 0 Å². The molecule has 4 aromatic rings. The largest absolute Gasteiger partial charge is 0.106 e. The summed E-state index contributed by atoms with van der Waals surface area (Å²) in [6.07, 6.45) is 15.0. The van der Waals surface area contributed by atoms with Crippen LogP contribution in [0.4, 0.5) is 0 Å². The maximum absolute atomic E-state index is 3.90. The Morgan fingerprint density at radius 1 is 0.528 bits per heavy atom. The second-order valence-electron chi connectivity index (χ2n) is 9.32. The zero-order valence-electron chi connectivity index (χ0n) is 22.8. The molecule has 36 heavy (non-hydrogen) atoms. The van der Waals surface area contributed by atoms with E-state index in [0.29, 0.717) is 0 Å². The Labute approximate surface area is 220 Å². The van der Waals surface area contributed by atoms with Crippen molar-refractivity contribution >= 4 is 27.6 Å². The molecule has 0 saturated carbocycles. The average Bonchev–Trinajstić information content (AvgIpc) is 2.94. The molecule has 0 heteroatoms.